The Balaban J connectivity index is 1.53. The van der Waals surface area contributed by atoms with Crippen molar-refractivity contribution in [3.63, 3.8) is 0 Å². The van der Waals surface area contributed by atoms with Crippen LogP contribution in [0, 0.1) is 17.0 Å². The minimum atomic E-state index is -0.665. The Hall–Kier alpha value is -4.24. The quantitative estimate of drug-likeness (QED) is 0.173. The first-order valence-electron chi connectivity index (χ1n) is 9.59. The Morgan fingerprint density at radius 3 is 2.58 bits per heavy atom. The number of hydrogen-bond acceptors (Lipinski definition) is 7. The molecular weight excluding hydrogens is 450 g/mol. The third kappa shape index (κ3) is 6.88. The van der Waals surface area contributed by atoms with Gasteiger partial charge < -0.3 is 9.47 Å². The SMILES string of the molecule is Cc1cc(Cl)ccc1OCC(=O)N/N=C\c1cccc(OC(=O)c2ccc([N+](=O)[O-])cc2)c1. The van der Waals surface area contributed by atoms with Gasteiger partial charge in [0.05, 0.1) is 16.7 Å². The summed E-state index contributed by atoms with van der Waals surface area (Å²) in [5.74, 6) is -0.334. The van der Waals surface area contributed by atoms with Gasteiger partial charge in [0.2, 0.25) is 0 Å². The van der Waals surface area contributed by atoms with Gasteiger partial charge in [-0.15, -0.1) is 0 Å². The van der Waals surface area contributed by atoms with Crippen LogP contribution in [0.2, 0.25) is 5.02 Å². The lowest BCUT2D eigenvalue weighted by atomic mass is 10.2. The molecule has 0 atom stereocenters. The Bertz CT molecular complexity index is 1210. The number of nitro benzene ring substituents is 1. The van der Waals surface area contributed by atoms with E-state index in [0.717, 1.165) is 5.56 Å². The number of nitro groups is 1. The Labute approximate surface area is 193 Å². The molecule has 0 unspecified atom stereocenters. The van der Waals surface area contributed by atoms with E-state index < -0.39 is 16.8 Å². The fourth-order valence-electron chi connectivity index (χ4n) is 2.67. The van der Waals surface area contributed by atoms with Gasteiger partial charge in [-0.25, -0.2) is 10.2 Å². The van der Waals surface area contributed by atoms with Crippen molar-refractivity contribution in [2.45, 2.75) is 6.92 Å². The maximum Gasteiger partial charge on any atom is 0.343 e. The van der Waals surface area contributed by atoms with Gasteiger partial charge in [0.15, 0.2) is 6.61 Å². The number of amides is 1. The molecule has 1 N–H and O–H groups in total. The van der Waals surface area contributed by atoms with E-state index in [1.54, 1.807) is 42.5 Å². The number of non-ortho nitro benzene ring substituents is 1. The number of nitrogens with one attached hydrogen (secondary N) is 1. The molecule has 33 heavy (non-hydrogen) atoms. The maximum atomic E-state index is 12.2. The summed E-state index contributed by atoms with van der Waals surface area (Å²) in [5, 5.41) is 15.1. The molecule has 0 radical (unpaired) electrons. The average molecular weight is 468 g/mol. The van der Waals surface area contributed by atoms with Crippen molar-refractivity contribution in [3.8, 4) is 11.5 Å². The normalized spacial score (nSPS) is 10.6. The van der Waals surface area contributed by atoms with Crippen molar-refractivity contribution in [1.82, 2.24) is 5.43 Å². The van der Waals surface area contributed by atoms with Gasteiger partial charge in [0, 0.05) is 17.2 Å². The van der Waals surface area contributed by atoms with Gasteiger partial charge >= 0.3 is 5.97 Å². The van der Waals surface area contributed by atoms with Crippen molar-refractivity contribution >= 4 is 35.4 Å². The third-order valence-corrected chi connectivity index (χ3v) is 4.52. The predicted octanol–water partition coefficient (Wildman–Crippen LogP) is 4.30. The molecule has 0 aliphatic rings. The monoisotopic (exact) mass is 467 g/mol. The topological polar surface area (TPSA) is 120 Å². The molecule has 0 heterocycles. The van der Waals surface area contributed by atoms with Gasteiger partial charge in [0.25, 0.3) is 11.6 Å². The molecule has 0 spiro atoms. The van der Waals surface area contributed by atoms with Crippen LogP contribution in [0.25, 0.3) is 0 Å². The summed E-state index contributed by atoms with van der Waals surface area (Å²) < 4.78 is 10.7. The highest BCUT2D eigenvalue weighted by molar-refractivity contribution is 6.30. The summed E-state index contributed by atoms with van der Waals surface area (Å²) in [6.07, 6.45) is 1.38. The molecule has 3 rings (SSSR count). The van der Waals surface area contributed by atoms with E-state index in [9.17, 15) is 19.7 Å². The maximum absolute atomic E-state index is 12.2. The van der Waals surface area contributed by atoms with Gasteiger partial charge in [0.1, 0.15) is 11.5 Å². The molecule has 0 aliphatic heterocycles. The van der Waals surface area contributed by atoms with Crippen molar-refractivity contribution in [1.29, 1.82) is 0 Å². The van der Waals surface area contributed by atoms with E-state index in [-0.39, 0.29) is 23.6 Å². The second-order valence-electron chi connectivity index (χ2n) is 6.76. The zero-order valence-electron chi connectivity index (χ0n) is 17.4. The predicted molar refractivity (Wildman–Crippen MR) is 122 cm³/mol. The number of hydrogen-bond donors (Lipinski definition) is 1. The second kappa shape index (κ2) is 10.9. The van der Waals surface area contributed by atoms with E-state index in [1.807, 2.05) is 6.92 Å². The van der Waals surface area contributed by atoms with Gasteiger partial charge in [-0.1, -0.05) is 23.7 Å². The van der Waals surface area contributed by atoms with Crippen LogP contribution in [0.4, 0.5) is 5.69 Å². The van der Waals surface area contributed by atoms with Crippen molar-refractivity contribution in [2.24, 2.45) is 5.10 Å². The Morgan fingerprint density at radius 2 is 1.88 bits per heavy atom. The molecule has 0 saturated carbocycles. The molecule has 0 saturated heterocycles. The number of benzene rings is 3. The minimum absolute atomic E-state index is 0.125. The first-order chi connectivity index (χ1) is 15.8. The largest absolute Gasteiger partial charge is 0.483 e. The molecule has 168 valence electrons. The summed E-state index contributed by atoms with van der Waals surface area (Å²) in [7, 11) is 0. The molecule has 10 heteroatoms. The lowest BCUT2D eigenvalue weighted by molar-refractivity contribution is -0.384. The van der Waals surface area contributed by atoms with E-state index >= 15 is 0 Å². The lowest BCUT2D eigenvalue weighted by Gasteiger charge is -2.08. The lowest BCUT2D eigenvalue weighted by Crippen LogP contribution is -2.24. The fraction of sp³-hybridized carbons (Fsp3) is 0.0870. The molecule has 0 fully saturated rings. The van der Waals surface area contributed by atoms with Gasteiger partial charge in [-0.05, 0) is 60.5 Å². The van der Waals surface area contributed by atoms with E-state index in [2.05, 4.69) is 10.5 Å². The van der Waals surface area contributed by atoms with Crippen molar-refractivity contribution < 1.29 is 24.0 Å². The van der Waals surface area contributed by atoms with Crippen LogP contribution >= 0.6 is 11.6 Å². The first kappa shape index (κ1) is 23.4. The number of esters is 1. The van der Waals surface area contributed by atoms with Crippen LogP contribution in [-0.2, 0) is 4.79 Å². The highest BCUT2D eigenvalue weighted by Crippen LogP contribution is 2.21. The Morgan fingerprint density at radius 1 is 1.12 bits per heavy atom. The molecule has 3 aromatic rings. The number of ether oxygens (including phenoxy) is 2. The van der Waals surface area contributed by atoms with Crippen molar-refractivity contribution in [3.05, 3.63) is 98.6 Å². The van der Waals surface area contributed by atoms with Crippen LogP contribution in [0.3, 0.4) is 0 Å². The van der Waals surface area contributed by atoms with Gasteiger partial charge in [-0.2, -0.15) is 5.10 Å². The number of halogens is 1. The number of aryl methyl sites for hydroxylation is 1. The summed E-state index contributed by atoms with van der Waals surface area (Å²) in [5.41, 5.74) is 3.77. The molecular formula is C23H18ClN3O6. The number of rotatable bonds is 8. The molecule has 9 nitrogen and oxygen atoms in total. The molecule has 3 aromatic carbocycles. The second-order valence-corrected chi connectivity index (χ2v) is 7.19. The van der Waals surface area contributed by atoms with E-state index in [4.69, 9.17) is 21.1 Å². The van der Waals surface area contributed by atoms with Crippen molar-refractivity contribution in [2.75, 3.05) is 6.61 Å². The van der Waals surface area contributed by atoms with Crippen LogP contribution in [-0.4, -0.2) is 29.6 Å². The molecule has 0 aromatic heterocycles. The third-order valence-electron chi connectivity index (χ3n) is 4.28. The van der Waals surface area contributed by atoms with Crippen LogP contribution in [0.15, 0.2) is 71.8 Å². The highest BCUT2D eigenvalue weighted by Gasteiger charge is 2.12. The molecule has 0 aliphatic carbocycles. The number of nitrogens with zero attached hydrogens (tertiary/aromatic N) is 2. The van der Waals surface area contributed by atoms with E-state index in [0.29, 0.717) is 16.3 Å². The summed E-state index contributed by atoms with van der Waals surface area (Å²) >= 11 is 5.89. The zero-order valence-corrected chi connectivity index (χ0v) is 18.1. The Kier molecular flexibility index (Phi) is 7.72. The number of carbonyl (C=O) groups excluding carboxylic acids is 2. The summed E-state index contributed by atoms with van der Waals surface area (Å²) in [6, 6.07) is 16.6. The zero-order chi connectivity index (χ0) is 23.8. The fourth-order valence-corrected chi connectivity index (χ4v) is 2.90. The van der Waals surface area contributed by atoms with E-state index in [1.165, 1.54) is 30.5 Å². The summed E-state index contributed by atoms with van der Waals surface area (Å²) in [6.45, 7) is 1.59. The molecule has 0 bridgehead atoms. The standard InChI is InChI=1S/C23H18ClN3O6/c1-15-11-18(24)7-10-21(15)32-14-22(28)26-25-13-16-3-2-4-20(12-16)33-23(29)17-5-8-19(9-6-17)27(30)31/h2-13H,14H2,1H3,(H,26,28)/b25-13-. The van der Waals surface area contributed by atoms with Crippen LogP contribution in [0.5, 0.6) is 11.5 Å². The van der Waals surface area contributed by atoms with Gasteiger partial charge in [-0.3, -0.25) is 14.9 Å². The number of hydrazone groups is 1. The van der Waals surface area contributed by atoms with Crippen LogP contribution in [0.1, 0.15) is 21.5 Å². The first-order valence-corrected chi connectivity index (χ1v) is 9.97. The molecule has 1 amide bonds. The smallest absolute Gasteiger partial charge is 0.343 e. The van der Waals surface area contributed by atoms with Crippen LogP contribution < -0.4 is 14.9 Å². The highest BCUT2D eigenvalue weighted by atomic mass is 35.5. The number of carbonyl (C=O) groups is 2. The average Bonchev–Trinajstić information content (AvgIpc) is 2.79. The summed E-state index contributed by atoms with van der Waals surface area (Å²) in [4.78, 5) is 34.3. The minimum Gasteiger partial charge on any atom is -0.483 e.